The molecule has 0 aliphatic rings. The largest absolute Gasteiger partial charge is 0.310 e. The number of nitriles is 1. The average molecular weight is 320 g/mol. The Balaban J connectivity index is 2.47. The minimum absolute atomic E-state index is 0.171. The van der Waals surface area contributed by atoms with E-state index in [-0.39, 0.29) is 11.9 Å². The van der Waals surface area contributed by atoms with Crippen molar-refractivity contribution in [2.45, 2.75) is 19.9 Å². The van der Waals surface area contributed by atoms with Crippen LogP contribution in [0, 0.1) is 11.3 Å². The lowest BCUT2D eigenvalue weighted by atomic mass is 10.1. The fourth-order valence-corrected chi connectivity index (χ4v) is 2.31. The summed E-state index contributed by atoms with van der Waals surface area (Å²) in [7, 11) is 0. The first-order chi connectivity index (χ1) is 9.15. The van der Waals surface area contributed by atoms with Crippen LogP contribution in [-0.4, -0.2) is 21.3 Å². The molecule has 1 aromatic heterocycles. The molecule has 2 rings (SSSR count). The topological polar surface area (TPSA) is 66.5 Å². The van der Waals surface area contributed by atoms with Crippen molar-refractivity contribution in [3.63, 3.8) is 0 Å². The van der Waals surface area contributed by atoms with Gasteiger partial charge in [0.15, 0.2) is 0 Å². The summed E-state index contributed by atoms with van der Waals surface area (Å²) in [5.74, 6) is 0.171. The summed E-state index contributed by atoms with van der Waals surface area (Å²) in [6, 6.07) is 8.08. The number of nitrogens with one attached hydrogen (secondary N) is 1. The Morgan fingerprint density at radius 2 is 2.32 bits per heavy atom. The van der Waals surface area contributed by atoms with Crippen molar-refractivity contribution in [3.05, 3.63) is 40.4 Å². The monoisotopic (exact) mass is 319 g/mol. The van der Waals surface area contributed by atoms with Crippen LogP contribution >= 0.6 is 15.9 Å². The minimum Gasteiger partial charge on any atom is -0.310 e. The Morgan fingerprint density at radius 3 is 2.95 bits per heavy atom. The molecule has 0 fully saturated rings. The lowest BCUT2D eigenvalue weighted by molar-refractivity contribution is 0.593. The number of rotatable bonds is 4. The molecule has 0 radical (unpaired) electrons. The highest BCUT2D eigenvalue weighted by Gasteiger charge is 2.13. The molecule has 98 valence electrons. The summed E-state index contributed by atoms with van der Waals surface area (Å²) in [6.07, 6.45) is 1.56. The van der Waals surface area contributed by atoms with Gasteiger partial charge in [-0.2, -0.15) is 5.26 Å². The highest BCUT2D eigenvalue weighted by atomic mass is 79.9. The van der Waals surface area contributed by atoms with Crippen molar-refractivity contribution in [2.75, 3.05) is 6.54 Å². The lowest BCUT2D eigenvalue weighted by Gasteiger charge is -2.17. The first-order valence-corrected chi connectivity index (χ1v) is 6.80. The zero-order valence-electron chi connectivity index (χ0n) is 10.8. The predicted molar refractivity (Wildman–Crippen MR) is 75.9 cm³/mol. The van der Waals surface area contributed by atoms with Crippen molar-refractivity contribution in [2.24, 2.45) is 0 Å². The summed E-state index contributed by atoms with van der Waals surface area (Å²) < 4.78 is 2.64. The summed E-state index contributed by atoms with van der Waals surface area (Å²) in [5.41, 5.74) is 2.02. The average Bonchev–Trinajstić information content (AvgIpc) is 2.87. The van der Waals surface area contributed by atoms with E-state index in [0.717, 1.165) is 22.3 Å². The molecule has 0 bridgehead atoms. The third kappa shape index (κ3) is 3.00. The molecule has 1 N–H and O–H groups in total. The van der Waals surface area contributed by atoms with Gasteiger partial charge in [0, 0.05) is 10.5 Å². The van der Waals surface area contributed by atoms with Gasteiger partial charge in [0.05, 0.1) is 5.69 Å². The van der Waals surface area contributed by atoms with E-state index in [9.17, 15) is 0 Å². The van der Waals surface area contributed by atoms with Gasteiger partial charge in [-0.15, -0.1) is 5.10 Å². The highest BCUT2D eigenvalue weighted by molar-refractivity contribution is 9.10. The molecular formula is C13H14BrN5. The number of aromatic nitrogens is 3. The number of benzene rings is 1. The van der Waals surface area contributed by atoms with Gasteiger partial charge in [-0.05, 0) is 37.2 Å². The molecule has 0 spiro atoms. The number of hydrogen-bond acceptors (Lipinski definition) is 4. The summed E-state index contributed by atoms with van der Waals surface area (Å²) in [4.78, 5) is 3.94. The van der Waals surface area contributed by atoms with Gasteiger partial charge in [0.1, 0.15) is 12.4 Å². The van der Waals surface area contributed by atoms with Crippen molar-refractivity contribution >= 4 is 15.9 Å². The lowest BCUT2D eigenvalue weighted by Crippen LogP contribution is -2.19. The van der Waals surface area contributed by atoms with Crippen molar-refractivity contribution in [3.8, 4) is 11.8 Å². The smallest absolute Gasteiger partial charge is 0.252 e. The van der Waals surface area contributed by atoms with Crippen molar-refractivity contribution in [1.82, 2.24) is 20.1 Å². The molecule has 1 aromatic carbocycles. The van der Waals surface area contributed by atoms with E-state index in [2.05, 4.69) is 51.2 Å². The fraction of sp³-hybridized carbons (Fsp3) is 0.308. The molecule has 0 aliphatic heterocycles. The second-order valence-electron chi connectivity index (χ2n) is 4.11. The van der Waals surface area contributed by atoms with E-state index >= 15 is 0 Å². The van der Waals surface area contributed by atoms with Crippen LogP contribution in [0.1, 0.15) is 31.3 Å². The number of nitrogens with zero attached hydrogens (tertiary/aromatic N) is 4. The van der Waals surface area contributed by atoms with Crippen LogP contribution < -0.4 is 5.32 Å². The van der Waals surface area contributed by atoms with E-state index in [4.69, 9.17) is 5.26 Å². The molecule has 5 nitrogen and oxygen atoms in total. The van der Waals surface area contributed by atoms with E-state index in [0.29, 0.717) is 0 Å². The molecule has 0 aliphatic carbocycles. The number of halogens is 1. The SMILES string of the molecule is CCNC(C)c1cc(Br)ccc1-n1cnc(C#N)n1. The Morgan fingerprint density at radius 1 is 1.53 bits per heavy atom. The Hall–Kier alpha value is -1.71. The van der Waals surface area contributed by atoms with Crippen molar-refractivity contribution < 1.29 is 0 Å². The normalized spacial score (nSPS) is 12.1. The summed E-state index contributed by atoms with van der Waals surface area (Å²) >= 11 is 3.48. The second-order valence-corrected chi connectivity index (χ2v) is 5.02. The third-order valence-corrected chi connectivity index (χ3v) is 3.30. The van der Waals surface area contributed by atoms with Gasteiger partial charge in [0.2, 0.25) is 0 Å². The molecule has 0 saturated heterocycles. The Labute approximate surface area is 120 Å². The maximum absolute atomic E-state index is 8.80. The van der Waals surface area contributed by atoms with Crippen LogP contribution in [0.25, 0.3) is 5.69 Å². The molecular weight excluding hydrogens is 306 g/mol. The van der Waals surface area contributed by atoms with Gasteiger partial charge in [-0.1, -0.05) is 22.9 Å². The van der Waals surface area contributed by atoms with Gasteiger partial charge in [-0.25, -0.2) is 9.67 Å². The first-order valence-electron chi connectivity index (χ1n) is 6.00. The predicted octanol–water partition coefficient (Wildman–Crippen LogP) is 2.57. The van der Waals surface area contributed by atoms with Crippen LogP contribution in [-0.2, 0) is 0 Å². The first kappa shape index (κ1) is 13.7. The van der Waals surface area contributed by atoms with Crippen LogP contribution in [0.5, 0.6) is 0 Å². The van der Waals surface area contributed by atoms with Crippen LogP contribution in [0.4, 0.5) is 0 Å². The van der Waals surface area contributed by atoms with Crippen LogP contribution in [0.2, 0.25) is 0 Å². The van der Waals surface area contributed by atoms with Crippen molar-refractivity contribution in [1.29, 1.82) is 5.26 Å². The molecule has 1 atom stereocenters. The maximum atomic E-state index is 8.80. The zero-order valence-corrected chi connectivity index (χ0v) is 12.3. The van der Waals surface area contributed by atoms with Crippen LogP contribution in [0.15, 0.2) is 29.0 Å². The second kappa shape index (κ2) is 5.95. The number of hydrogen-bond donors (Lipinski definition) is 1. The molecule has 0 amide bonds. The van der Waals surface area contributed by atoms with E-state index in [1.165, 1.54) is 0 Å². The molecule has 0 saturated carbocycles. The molecule has 19 heavy (non-hydrogen) atoms. The summed E-state index contributed by atoms with van der Waals surface area (Å²) in [6.45, 7) is 5.04. The Bertz CT molecular complexity index is 614. The molecule has 6 heteroatoms. The standard InChI is InChI=1S/C13H14BrN5/c1-3-16-9(2)11-6-10(14)4-5-12(11)19-8-17-13(7-15)18-19/h4-6,8-9,16H,3H2,1-2H3. The molecule has 1 unspecified atom stereocenters. The highest BCUT2D eigenvalue weighted by Crippen LogP contribution is 2.25. The van der Waals surface area contributed by atoms with E-state index in [1.807, 2.05) is 18.2 Å². The quantitative estimate of drug-likeness (QED) is 0.940. The van der Waals surface area contributed by atoms with E-state index < -0.39 is 0 Å². The van der Waals surface area contributed by atoms with Gasteiger partial charge < -0.3 is 5.32 Å². The maximum Gasteiger partial charge on any atom is 0.252 e. The Kier molecular flexibility index (Phi) is 4.30. The van der Waals surface area contributed by atoms with Crippen LogP contribution in [0.3, 0.4) is 0 Å². The minimum atomic E-state index is 0.171. The zero-order chi connectivity index (χ0) is 13.8. The van der Waals surface area contributed by atoms with E-state index in [1.54, 1.807) is 11.0 Å². The summed E-state index contributed by atoms with van der Waals surface area (Å²) in [5, 5.41) is 16.3. The third-order valence-electron chi connectivity index (χ3n) is 2.81. The molecule has 2 aromatic rings. The fourth-order valence-electron chi connectivity index (χ4n) is 1.93. The van der Waals surface area contributed by atoms with Gasteiger partial charge in [-0.3, -0.25) is 0 Å². The van der Waals surface area contributed by atoms with Gasteiger partial charge >= 0.3 is 0 Å². The van der Waals surface area contributed by atoms with Gasteiger partial charge in [0.25, 0.3) is 5.82 Å². The molecule has 1 heterocycles.